The molecule has 0 saturated carbocycles. The minimum absolute atomic E-state index is 0.0528. The van der Waals surface area contributed by atoms with Crippen molar-refractivity contribution in [3.63, 3.8) is 0 Å². The summed E-state index contributed by atoms with van der Waals surface area (Å²) in [5.41, 5.74) is 5.08. The van der Waals surface area contributed by atoms with Crippen molar-refractivity contribution >= 4 is 31.6 Å². The van der Waals surface area contributed by atoms with Gasteiger partial charge in [0, 0.05) is 11.1 Å². The minimum atomic E-state index is -3.99. The summed E-state index contributed by atoms with van der Waals surface area (Å²) in [6.45, 7) is 25.9. The molecule has 0 bridgehead atoms. The molecule has 3 rings (SSSR count). The molecule has 43 heavy (non-hydrogen) atoms. The number of hydrogen-bond donors (Lipinski definition) is 1. The van der Waals surface area contributed by atoms with Crippen LogP contribution in [0.1, 0.15) is 98.4 Å². The molecule has 0 atom stereocenters. The molecule has 0 spiro atoms. The summed E-state index contributed by atoms with van der Waals surface area (Å²) in [7, 11) is -3.99. The number of rotatable bonds is 3. The van der Waals surface area contributed by atoms with E-state index in [1.54, 1.807) is 25.6 Å². The maximum Gasteiger partial charge on any atom is 0.450 e. The Labute approximate surface area is 261 Å². The molecule has 238 valence electrons. The van der Waals surface area contributed by atoms with E-state index in [1.807, 2.05) is 20.8 Å². The second kappa shape index (κ2) is 12.6. The van der Waals surface area contributed by atoms with E-state index in [-0.39, 0.29) is 24.0 Å². The highest BCUT2D eigenvalue weighted by atomic mass is 32.2. The van der Waals surface area contributed by atoms with Crippen molar-refractivity contribution in [2.24, 2.45) is 4.74 Å². The zero-order valence-electron chi connectivity index (χ0n) is 27.9. The molecule has 1 aliphatic rings. The average molecular weight is 634 g/mol. The number of fused-ring (bicyclic) bond motifs is 2. The lowest BCUT2D eigenvalue weighted by atomic mass is 9.85. The summed E-state index contributed by atoms with van der Waals surface area (Å²) in [6, 6.07) is 8.31. The number of nitrogens with zero attached hydrogens (tertiary/aromatic N) is 2. The van der Waals surface area contributed by atoms with Gasteiger partial charge in [-0.15, -0.1) is 4.78 Å². The summed E-state index contributed by atoms with van der Waals surface area (Å²) in [6.07, 6.45) is -1.73. The van der Waals surface area contributed by atoms with E-state index in [4.69, 9.17) is 23.3 Å². The van der Waals surface area contributed by atoms with Gasteiger partial charge in [-0.25, -0.2) is 19.8 Å². The number of ether oxygens (including phenoxy) is 2. The van der Waals surface area contributed by atoms with E-state index in [2.05, 4.69) is 85.1 Å². The van der Waals surface area contributed by atoms with Gasteiger partial charge in [0.1, 0.15) is 11.5 Å². The van der Waals surface area contributed by atoms with Crippen molar-refractivity contribution in [2.75, 3.05) is 13.2 Å². The van der Waals surface area contributed by atoms with Crippen LogP contribution in [0.5, 0.6) is 11.5 Å². The third-order valence-corrected chi connectivity index (χ3v) is 9.76. The molecule has 2 aromatic rings. The third kappa shape index (κ3) is 8.21. The van der Waals surface area contributed by atoms with E-state index in [1.165, 1.54) is 0 Å². The van der Waals surface area contributed by atoms with Gasteiger partial charge >= 0.3 is 19.8 Å². The zero-order valence-corrected chi connectivity index (χ0v) is 29.6. The molecule has 9 nitrogen and oxygen atoms in total. The molecule has 11 heteroatoms. The summed E-state index contributed by atoms with van der Waals surface area (Å²) in [5, 5.41) is 0. The minimum Gasteiger partial charge on any atom is -0.449 e. The van der Waals surface area contributed by atoms with Crippen LogP contribution in [0.25, 0.3) is 0 Å². The van der Waals surface area contributed by atoms with Crippen LogP contribution in [-0.4, -0.2) is 35.7 Å². The van der Waals surface area contributed by atoms with E-state index in [0.29, 0.717) is 11.5 Å². The molecule has 0 unspecified atom stereocenters. The fourth-order valence-electron chi connectivity index (χ4n) is 4.50. The molecule has 1 heterocycles. The molecule has 0 aliphatic carbocycles. The lowest BCUT2D eigenvalue weighted by Crippen LogP contribution is -2.47. The topological polar surface area (TPSA) is 98.7 Å². The third-order valence-electron chi connectivity index (χ3n) is 6.25. The molecular weight excluding hydrogens is 585 g/mol. The molecule has 2 amide bonds. The van der Waals surface area contributed by atoms with Gasteiger partial charge in [-0.3, -0.25) is 0 Å². The Kier molecular flexibility index (Phi) is 10.2. The molecule has 2 aromatic carbocycles. The Hall–Kier alpha value is -2.84. The van der Waals surface area contributed by atoms with E-state index in [9.17, 15) is 9.59 Å². The van der Waals surface area contributed by atoms with Crippen molar-refractivity contribution in [1.29, 1.82) is 0 Å². The molecular formula is C32H48N3O6PS. The number of aryl methyl sites for hydroxylation is 2. The first-order chi connectivity index (χ1) is 19.7. The Morgan fingerprint density at radius 1 is 0.814 bits per heavy atom. The van der Waals surface area contributed by atoms with Crippen LogP contribution in [-0.2, 0) is 20.3 Å². The summed E-state index contributed by atoms with van der Waals surface area (Å²) in [5.74, 6) is 1.07. The van der Waals surface area contributed by atoms with Gasteiger partial charge in [-0.1, -0.05) is 65.4 Å². The average Bonchev–Trinajstić information content (AvgIpc) is 2.82. The second-order valence-electron chi connectivity index (χ2n) is 13.7. The normalized spacial score (nSPS) is 14.5. The summed E-state index contributed by atoms with van der Waals surface area (Å²) >= 11 is 1.56. The Morgan fingerprint density at radius 3 is 1.63 bits per heavy atom. The maximum atomic E-state index is 13.8. The number of carbonyl (C=O) groups is 2. The maximum absolute atomic E-state index is 13.8. The fraction of sp³-hybridized carbons (Fsp3) is 0.562. The second-order valence-corrected chi connectivity index (χ2v) is 16.7. The lowest BCUT2D eigenvalue weighted by Gasteiger charge is -2.39. The highest BCUT2D eigenvalue weighted by Crippen LogP contribution is 2.63. The molecule has 0 radical (unpaired) electrons. The first-order valence-electron chi connectivity index (χ1n) is 14.6. The van der Waals surface area contributed by atoms with E-state index < -0.39 is 25.4 Å². The SMILES string of the molecule is CCOC(=O)NN(C(=O)OCC)P1(=NC(C)(C)C)Oc2c(cc(C)cc2C(C)(C)C)Sc2cc(C)cc(C(C)(C)C)c2O1. The fourth-order valence-corrected chi connectivity index (χ4v) is 8.31. The highest BCUT2D eigenvalue weighted by Gasteiger charge is 2.47. The Morgan fingerprint density at radius 2 is 1.26 bits per heavy atom. The number of carbonyl (C=O) groups excluding carboxylic acids is 2. The lowest BCUT2D eigenvalue weighted by molar-refractivity contribution is 0.0973. The van der Waals surface area contributed by atoms with E-state index in [0.717, 1.165) is 36.8 Å². The van der Waals surface area contributed by atoms with Crippen LogP contribution in [0.2, 0.25) is 0 Å². The van der Waals surface area contributed by atoms with Crippen molar-refractivity contribution < 1.29 is 28.1 Å². The number of amides is 2. The van der Waals surface area contributed by atoms with Crippen LogP contribution >= 0.6 is 19.4 Å². The molecule has 0 fully saturated rings. The van der Waals surface area contributed by atoms with Gasteiger partial charge in [-0.2, -0.15) is 0 Å². The first kappa shape index (κ1) is 34.6. The highest BCUT2D eigenvalue weighted by molar-refractivity contribution is 7.99. The monoisotopic (exact) mass is 633 g/mol. The van der Waals surface area contributed by atoms with Crippen molar-refractivity contribution in [1.82, 2.24) is 10.2 Å². The molecule has 1 aliphatic heterocycles. The zero-order chi connectivity index (χ0) is 32.5. The van der Waals surface area contributed by atoms with Crippen molar-refractivity contribution in [3.8, 4) is 11.5 Å². The van der Waals surface area contributed by atoms with Gasteiger partial charge in [0.05, 0.1) is 28.5 Å². The van der Waals surface area contributed by atoms with Gasteiger partial charge in [0.15, 0.2) is 0 Å². The largest absolute Gasteiger partial charge is 0.450 e. The molecule has 0 saturated heterocycles. The predicted molar refractivity (Wildman–Crippen MR) is 173 cm³/mol. The van der Waals surface area contributed by atoms with E-state index >= 15 is 0 Å². The van der Waals surface area contributed by atoms with Gasteiger partial charge in [0.25, 0.3) is 0 Å². The smallest absolute Gasteiger partial charge is 0.449 e. The number of hydrazine groups is 1. The molecule has 0 aromatic heterocycles. The Balaban J connectivity index is 2.60. The quantitative estimate of drug-likeness (QED) is 0.265. The first-order valence-corrected chi connectivity index (χ1v) is 17.0. The van der Waals surface area contributed by atoms with Gasteiger partial charge < -0.3 is 18.5 Å². The van der Waals surface area contributed by atoms with Gasteiger partial charge in [-0.05, 0) is 82.6 Å². The van der Waals surface area contributed by atoms with Crippen molar-refractivity contribution in [3.05, 3.63) is 46.5 Å². The number of hydrogen-bond acceptors (Lipinski definition) is 8. The van der Waals surface area contributed by atoms with Crippen LogP contribution < -0.4 is 14.5 Å². The van der Waals surface area contributed by atoms with Crippen LogP contribution in [0.3, 0.4) is 0 Å². The van der Waals surface area contributed by atoms with Crippen LogP contribution in [0, 0.1) is 13.8 Å². The summed E-state index contributed by atoms with van der Waals surface area (Å²) < 4.78 is 30.8. The van der Waals surface area contributed by atoms with Crippen molar-refractivity contribution in [2.45, 2.75) is 116 Å². The standard InChI is InChI=1S/C32H48N3O6PS/c1-14-38-28(36)33-35(29(37)39-15-2)42(34-32(11,12)13)40-26-22(30(5,6)7)16-20(3)18-24(26)43-25-19-21(4)17-23(27(25)41-42)31(8,9)10/h16-19H,14-15H2,1-13H3,(H,33,36). The molecule has 1 N–H and O–H groups in total. The van der Waals surface area contributed by atoms with Crippen LogP contribution in [0.15, 0.2) is 38.8 Å². The predicted octanol–water partition coefficient (Wildman–Crippen LogP) is 9.69. The Bertz CT molecular complexity index is 1360. The number of nitrogens with one attached hydrogen (secondary N) is 1. The summed E-state index contributed by atoms with van der Waals surface area (Å²) in [4.78, 5) is 28.5. The van der Waals surface area contributed by atoms with Gasteiger partial charge in [0.2, 0.25) is 0 Å². The number of benzene rings is 2. The van der Waals surface area contributed by atoms with Crippen LogP contribution in [0.4, 0.5) is 9.59 Å².